The molecule has 1 aliphatic heterocycles. The molecule has 1 aliphatic rings. The normalized spacial score (nSPS) is 15.8. The van der Waals surface area contributed by atoms with Crippen molar-refractivity contribution in [1.82, 2.24) is 9.88 Å². The molecule has 0 radical (unpaired) electrons. The van der Waals surface area contributed by atoms with Crippen molar-refractivity contribution in [3.8, 4) is 0 Å². The first kappa shape index (κ1) is 15.8. The van der Waals surface area contributed by atoms with Crippen molar-refractivity contribution in [1.29, 1.82) is 0 Å². The van der Waals surface area contributed by atoms with Crippen LogP contribution in [0.2, 0.25) is 0 Å². The van der Waals surface area contributed by atoms with E-state index in [1.54, 1.807) is 24.1 Å². The molecule has 1 saturated heterocycles. The SMILES string of the molecule is CCOC(=O)c1csc(C2CCN(C(=O)OCC)CC2)n1. The molecule has 2 heterocycles. The van der Waals surface area contributed by atoms with Crippen LogP contribution in [0, 0.1) is 0 Å². The molecule has 0 aromatic carbocycles. The Labute approximate surface area is 128 Å². The summed E-state index contributed by atoms with van der Waals surface area (Å²) in [6, 6.07) is 0. The number of hydrogen-bond acceptors (Lipinski definition) is 6. The second-order valence-electron chi connectivity index (χ2n) is 4.75. The summed E-state index contributed by atoms with van der Waals surface area (Å²) >= 11 is 1.48. The summed E-state index contributed by atoms with van der Waals surface area (Å²) in [4.78, 5) is 29.3. The summed E-state index contributed by atoms with van der Waals surface area (Å²) in [6.45, 7) is 5.65. The number of aromatic nitrogens is 1. The molecular formula is C14H20N2O4S. The van der Waals surface area contributed by atoms with Crippen LogP contribution >= 0.6 is 11.3 Å². The molecule has 0 unspecified atom stereocenters. The zero-order valence-corrected chi connectivity index (χ0v) is 13.1. The molecule has 0 spiro atoms. The van der Waals surface area contributed by atoms with Crippen LogP contribution in [0.5, 0.6) is 0 Å². The lowest BCUT2D eigenvalue weighted by atomic mass is 9.98. The summed E-state index contributed by atoms with van der Waals surface area (Å²) in [5, 5.41) is 2.69. The van der Waals surface area contributed by atoms with Crippen LogP contribution < -0.4 is 0 Å². The summed E-state index contributed by atoms with van der Waals surface area (Å²) in [5.74, 6) is -0.0761. The van der Waals surface area contributed by atoms with E-state index in [0.717, 1.165) is 17.8 Å². The maximum atomic E-state index is 11.6. The molecule has 7 heteroatoms. The summed E-state index contributed by atoms with van der Waals surface area (Å²) in [5.41, 5.74) is 0.379. The number of rotatable bonds is 4. The van der Waals surface area contributed by atoms with Gasteiger partial charge in [0.15, 0.2) is 5.69 Å². The van der Waals surface area contributed by atoms with Crippen LogP contribution in [0.3, 0.4) is 0 Å². The Kier molecular flexibility index (Phi) is 5.55. The summed E-state index contributed by atoms with van der Waals surface area (Å²) in [6.07, 6.45) is 1.44. The highest BCUT2D eigenvalue weighted by atomic mass is 32.1. The first-order valence-corrected chi connectivity index (χ1v) is 8.07. The quantitative estimate of drug-likeness (QED) is 0.799. The first-order chi connectivity index (χ1) is 10.2. The van der Waals surface area contributed by atoms with E-state index >= 15 is 0 Å². The van der Waals surface area contributed by atoms with Gasteiger partial charge in [-0.25, -0.2) is 14.6 Å². The Morgan fingerprint density at radius 3 is 2.57 bits per heavy atom. The Bertz CT molecular complexity index is 495. The number of carbonyl (C=O) groups excluding carboxylic acids is 2. The van der Waals surface area contributed by atoms with Gasteiger partial charge in [-0.3, -0.25) is 0 Å². The predicted octanol–water partition coefficient (Wildman–Crippen LogP) is 2.66. The highest BCUT2D eigenvalue weighted by molar-refractivity contribution is 7.09. The minimum absolute atomic E-state index is 0.248. The van der Waals surface area contributed by atoms with E-state index in [1.807, 2.05) is 0 Å². The zero-order chi connectivity index (χ0) is 15.2. The van der Waals surface area contributed by atoms with Gasteiger partial charge in [0.1, 0.15) is 0 Å². The molecule has 0 atom stereocenters. The van der Waals surface area contributed by atoms with Crippen molar-refractivity contribution >= 4 is 23.4 Å². The number of likely N-dealkylation sites (tertiary alicyclic amines) is 1. The third-order valence-electron chi connectivity index (χ3n) is 3.38. The van der Waals surface area contributed by atoms with Crippen LogP contribution in [0.1, 0.15) is 48.1 Å². The molecule has 1 aromatic heterocycles. The van der Waals surface area contributed by atoms with Crippen LogP contribution in [0.25, 0.3) is 0 Å². The summed E-state index contributed by atoms with van der Waals surface area (Å²) in [7, 11) is 0. The fourth-order valence-electron chi connectivity index (χ4n) is 2.30. The number of esters is 1. The molecule has 0 saturated carbocycles. The van der Waals surface area contributed by atoms with Crippen molar-refractivity contribution in [3.05, 3.63) is 16.1 Å². The van der Waals surface area contributed by atoms with Crippen LogP contribution in [0.15, 0.2) is 5.38 Å². The predicted molar refractivity (Wildman–Crippen MR) is 78.6 cm³/mol. The minimum atomic E-state index is -0.371. The largest absolute Gasteiger partial charge is 0.461 e. The zero-order valence-electron chi connectivity index (χ0n) is 12.3. The fourth-order valence-corrected chi connectivity index (χ4v) is 3.26. The lowest BCUT2D eigenvalue weighted by Gasteiger charge is -2.30. The topological polar surface area (TPSA) is 68.7 Å². The molecule has 21 heavy (non-hydrogen) atoms. The second-order valence-corrected chi connectivity index (χ2v) is 5.64. The van der Waals surface area contributed by atoms with E-state index in [0.29, 0.717) is 37.9 Å². The number of ether oxygens (including phenoxy) is 2. The van der Waals surface area contributed by atoms with Crippen molar-refractivity contribution in [3.63, 3.8) is 0 Å². The third-order valence-corrected chi connectivity index (χ3v) is 4.38. The average Bonchev–Trinajstić information content (AvgIpc) is 2.98. The van der Waals surface area contributed by atoms with Gasteiger partial charge in [0, 0.05) is 24.4 Å². The molecule has 1 fully saturated rings. The van der Waals surface area contributed by atoms with Crippen molar-refractivity contribution in [2.75, 3.05) is 26.3 Å². The van der Waals surface area contributed by atoms with Gasteiger partial charge in [-0.2, -0.15) is 0 Å². The van der Waals surface area contributed by atoms with E-state index in [1.165, 1.54) is 11.3 Å². The Balaban J connectivity index is 1.90. The highest BCUT2D eigenvalue weighted by Crippen LogP contribution is 2.30. The molecule has 1 aromatic rings. The van der Waals surface area contributed by atoms with Gasteiger partial charge >= 0.3 is 12.1 Å². The van der Waals surface area contributed by atoms with Gasteiger partial charge in [-0.15, -0.1) is 11.3 Å². The lowest BCUT2D eigenvalue weighted by Crippen LogP contribution is -2.38. The smallest absolute Gasteiger partial charge is 0.409 e. The number of nitrogens with zero attached hydrogens (tertiary/aromatic N) is 2. The number of thiazole rings is 1. The first-order valence-electron chi connectivity index (χ1n) is 7.20. The molecular weight excluding hydrogens is 292 g/mol. The van der Waals surface area contributed by atoms with Gasteiger partial charge < -0.3 is 14.4 Å². The Morgan fingerprint density at radius 1 is 1.29 bits per heavy atom. The van der Waals surface area contributed by atoms with Crippen LogP contribution in [0.4, 0.5) is 4.79 Å². The fraction of sp³-hybridized carbons (Fsp3) is 0.643. The third kappa shape index (κ3) is 3.93. The molecule has 0 bridgehead atoms. The number of hydrogen-bond donors (Lipinski definition) is 0. The molecule has 0 aliphatic carbocycles. The van der Waals surface area contributed by atoms with Crippen LogP contribution in [-0.2, 0) is 9.47 Å². The number of piperidine rings is 1. The molecule has 2 rings (SSSR count). The van der Waals surface area contributed by atoms with Crippen molar-refractivity contribution in [2.24, 2.45) is 0 Å². The van der Waals surface area contributed by atoms with Gasteiger partial charge in [-0.1, -0.05) is 0 Å². The average molecular weight is 312 g/mol. The number of amides is 1. The highest BCUT2D eigenvalue weighted by Gasteiger charge is 2.27. The molecule has 6 nitrogen and oxygen atoms in total. The standard InChI is InChI=1S/C14H20N2O4S/c1-3-19-13(17)11-9-21-12(15-11)10-5-7-16(8-6-10)14(18)20-4-2/h9-10H,3-8H2,1-2H3. The number of carbonyl (C=O) groups is 2. The summed E-state index contributed by atoms with van der Waals surface area (Å²) < 4.78 is 9.94. The van der Waals surface area contributed by atoms with Gasteiger partial charge in [0.05, 0.1) is 18.2 Å². The maximum Gasteiger partial charge on any atom is 0.409 e. The minimum Gasteiger partial charge on any atom is -0.461 e. The molecule has 1 amide bonds. The van der Waals surface area contributed by atoms with E-state index < -0.39 is 0 Å². The maximum absolute atomic E-state index is 11.6. The lowest BCUT2D eigenvalue weighted by molar-refractivity contribution is 0.0520. The monoisotopic (exact) mass is 312 g/mol. The second kappa shape index (κ2) is 7.40. The van der Waals surface area contributed by atoms with Crippen molar-refractivity contribution in [2.45, 2.75) is 32.6 Å². The Morgan fingerprint density at radius 2 is 1.95 bits per heavy atom. The van der Waals surface area contributed by atoms with E-state index in [-0.39, 0.29) is 12.1 Å². The molecule has 116 valence electrons. The van der Waals surface area contributed by atoms with E-state index in [9.17, 15) is 9.59 Å². The van der Waals surface area contributed by atoms with Crippen LogP contribution in [-0.4, -0.2) is 48.2 Å². The van der Waals surface area contributed by atoms with Gasteiger partial charge in [0.2, 0.25) is 0 Å². The van der Waals surface area contributed by atoms with E-state index in [2.05, 4.69) is 4.98 Å². The van der Waals surface area contributed by atoms with Gasteiger partial charge in [-0.05, 0) is 26.7 Å². The van der Waals surface area contributed by atoms with Crippen molar-refractivity contribution < 1.29 is 19.1 Å². The van der Waals surface area contributed by atoms with E-state index in [4.69, 9.17) is 9.47 Å². The van der Waals surface area contributed by atoms with Gasteiger partial charge in [0.25, 0.3) is 0 Å². The molecule has 0 N–H and O–H groups in total. The Hall–Kier alpha value is -1.63.